The fraction of sp³-hybridized carbons (Fsp3) is 0.250. The highest BCUT2D eigenvalue weighted by molar-refractivity contribution is 6.09. The summed E-state index contributed by atoms with van der Waals surface area (Å²) in [7, 11) is 0. The first-order valence-corrected chi connectivity index (χ1v) is 7.21. The summed E-state index contributed by atoms with van der Waals surface area (Å²) >= 11 is 0. The first-order valence-electron chi connectivity index (χ1n) is 7.21. The third-order valence-electron chi connectivity index (χ3n) is 3.37. The second-order valence-corrected chi connectivity index (χ2v) is 5.35. The fourth-order valence-electron chi connectivity index (χ4n) is 2.36. The highest BCUT2D eigenvalue weighted by atomic mass is 19.4. The number of fused-ring (bicyclic) bond motifs is 1. The molecule has 0 saturated heterocycles. The standard InChI is InChI=1S/C16H13F3N2O4/c1-8-6-10(9(2)24-8)15(22)20-14-13-11(23-7-16(17,18)19)4-3-5-12(13)25-21-14/h3-6H,7H2,1-2H3,(H,20,21,22). The Morgan fingerprint density at radius 2 is 2.08 bits per heavy atom. The van der Waals surface area contributed by atoms with Crippen molar-refractivity contribution in [2.24, 2.45) is 0 Å². The lowest BCUT2D eigenvalue weighted by Crippen LogP contribution is -2.19. The van der Waals surface area contributed by atoms with Crippen molar-refractivity contribution < 1.29 is 31.6 Å². The van der Waals surface area contributed by atoms with Gasteiger partial charge in [-0.25, -0.2) is 0 Å². The number of alkyl halides is 3. The van der Waals surface area contributed by atoms with Crippen LogP contribution >= 0.6 is 0 Å². The monoisotopic (exact) mass is 354 g/mol. The van der Waals surface area contributed by atoms with Gasteiger partial charge in [0.2, 0.25) is 0 Å². The third-order valence-corrected chi connectivity index (χ3v) is 3.37. The number of anilines is 1. The van der Waals surface area contributed by atoms with Gasteiger partial charge in [0.15, 0.2) is 18.0 Å². The van der Waals surface area contributed by atoms with E-state index < -0.39 is 18.7 Å². The predicted octanol–water partition coefficient (Wildman–Crippen LogP) is 4.23. The van der Waals surface area contributed by atoms with Crippen LogP contribution in [0.3, 0.4) is 0 Å². The summed E-state index contributed by atoms with van der Waals surface area (Å²) in [6, 6.07) is 5.86. The molecule has 3 aromatic rings. The van der Waals surface area contributed by atoms with Crippen LogP contribution in [0.15, 0.2) is 33.2 Å². The van der Waals surface area contributed by atoms with Crippen molar-refractivity contribution in [1.82, 2.24) is 5.16 Å². The number of furan rings is 1. The van der Waals surface area contributed by atoms with Crippen LogP contribution in [0.25, 0.3) is 11.0 Å². The Bertz CT molecular complexity index is 927. The average molecular weight is 354 g/mol. The second kappa shape index (κ2) is 6.15. The number of nitrogens with zero attached hydrogens (tertiary/aromatic N) is 1. The van der Waals surface area contributed by atoms with E-state index in [4.69, 9.17) is 13.7 Å². The Morgan fingerprint density at radius 1 is 1.32 bits per heavy atom. The van der Waals surface area contributed by atoms with Gasteiger partial charge in [-0.15, -0.1) is 0 Å². The van der Waals surface area contributed by atoms with Crippen LogP contribution in [0.4, 0.5) is 19.0 Å². The average Bonchev–Trinajstić information content (AvgIpc) is 3.08. The highest BCUT2D eigenvalue weighted by Gasteiger charge is 2.29. The van der Waals surface area contributed by atoms with E-state index in [2.05, 4.69) is 10.5 Å². The normalized spacial score (nSPS) is 11.7. The molecular weight excluding hydrogens is 341 g/mol. The van der Waals surface area contributed by atoms with Crippen LogP contribution in [0.1, 0.15) is 21.9 Å². The molecule has 0 aliphatic carbocycles. The Hall–Kier alpha value is -2.97. The van der Waals surface area contributed by atoms with Crippen molar-refractivity contribution in [2.45, 2.75) is 20.0 Å². The number of rotatable bonds is 4. The van der Waals surface area contributed by atoms with Crippen molar-refractivity contribution in [3.05, 3.63) is 41.3 Å². The summed E-state index contributed by atoms with van der Waals surface area (Å²) in [5, 5.41) is 6.36. The second-order valence-electron chi connectivity index (χ2n) is 5.35. The zero-order valence-corrected chi connectivity index (χ0v) is 13.2. The van der Waals surface area contributed by atoms with E-state index in [0.717, 1.165) is 0 Å². The largest absolute Gasteiger partial charge is 0.483 e. The number of aryl methyl sites for hydroxylation is 2. The van der Waals surface area contributed by atoms with E-state index in [1.807, 2.05) is 0 Å². The van der Waals surface area contributed by atoms with E-state index in [-0.39, 0.29) is 22.5 Å². The molecule has 132 valence electrons. The minimum Gasteiger partial charge on any atom is -0.483 e. The van der Waals surface area contributed by atoms with E-state index >= 15 is 0 Å². The number of halogens is 3. The summed E-state index contributed by atoms with van der Waals surface area (Å²) in [5.74, 6) is 0.330. The van der Waals surface area contributed by atoms with Gasteiger partial charge in [0.25, 0.3) is 5.91 Å². The molecule has 2 heterocycles. The molecule has 9 heteroatoms. The number of nitrogens with one attached hydrogen (secondary N) is 1. The Morgan fingerprint density at radius 3 is 2.72 bits per heavy atom. The lowest BCUT2D eigenvalue weighted by Gasteiger charge is -2.10. The van der Waals surface area contributed by atoms with E-state index in [0.29, 0.717) is 17.1 Å². The Kier molecular flexibility index (Phi) is 4.15. The number of hydrogen-bond acceptors (Lipinski definition) is 5. The highest BCUT2D eigenvalue weighted by Crippen LogP contribution is 2.33. The van der Waals surface area contributed by atoms with Crippen LogP contribution < -0.4 is 10.1 Å². The third kappa shape index (κ3) is 3.59. The maximum atomic E-state index is 12.4. The zero-order valence-electron chi connectivity index (χ0n) is 13.2. The lowest BCUT2D eigenvalue weighted by molar-refractivity contribution is -0.153. The van der Waals surface area contributed by atoms with E-state index in [9.17, 15) is 18.0 Å². The molecule has 1 N–H and O–H groups in total. The summed E-state index contributed by atoms with van der Waals surface area (Å²) in [5.41, 5.74) is 0.484. The molecule has 0 bridgehead atoms. The Balaban J connectivity index is 1.91. The minimum absolute atomic E-state index is 0.0315. The van der Waals surface area contributed by atoms with Crippen molar-refractivity contribution >= 4 is 22.7 Å². The van der Waals surface area contributed by atoms with Gasteiger partial charge in [-0.2, -0.15) is 13.2 Å². The fourth-order valence-corrected chi connectivity index (χ4v) is 2.36. The van der Waals surface area contributed by atoms with Gasteiger partial charge in [-0.1, -0.05) is 11.2 Å². The molecule has 0 saturated carbocycles. The molecule has 0 radical (unpaired) electrons. The van der Waals surface area contributed by atoms with Crippen LogP contribution in [0, 0.1) is 13.8 Å². The SMILES string of the molecule is Cc1cc(C(=O)Nc2noc3cccc(OCC(F)(F)F)c23)c(C)o1. The number of ether oxygens (including phenoxy) is 1. The van der Waals surface area contributed by atoms with Crippen LogP contribution in [-0.4, -0.2) is 23.8 Å². The summed E-state index contributed by atoms with van der Waals surface area (Å²) in [6.07, 6.45) is -4.49. The predicted molar refractivity (Wildman–Crippen MR) is 81.7 cm³/mol. The molecule has 25 heavy (non-hydrogen) atoms. The van der Waals surface area contributed by atoms with Gasteiger partial charge < -0.3 is 19.0 Å². The number of amides is 1. The molecule has 0 atom stereocenters. The van der Waals surface area contributed by atoms with E-state index in [1.54, 1.807) is 19.9 Å². The van der Waals surface area contributed by atoms with Crippen LogP contribution in [-0.2, 0) is 0 Å². The van der Waals surface area contributed by atoms with Crippen molar-refractivity contribution in [3.63, 3.8) is 0 Å². The van der Waals surface area contributed by atoms with Gasteiger partial charge in [0.05, 0.1) is 5.56 Å². The molecule has 0 fully saturated rings. The molecular formula is C16H13F3N2O4. The van der Waals surface area contributed by atoms with Crippen LogP contribution in [0.2, 0.25) is 0 Å². The van der Waals surface area contributed by atoms with Gasteiger partial charge in [0, 0.05) is 0 Å². The first kappa shape index (κ1) is 16.9. The Labute approximate surface area is 139 Å². The number of aromatic nitrogens is 1. The molecule has 3 rings (SSSR count). The topological polar surface area (TPSA) is 77.5 Å². The molecule has 0 unspecified atom stereocenters. The number of carbonyl (C=O) groups is 1. The van der Waals surface area contributed by atoms with Gasteiger partial charge in [-0.3, -0.25) is 4.79 Å². The van der Waals surface area contributed by atoms with Crippen molar-refractivity contribution in [2.75, 3.05) is 11.9 Å². The smallest absolute Gasteiger partial charge is 0.422 e. The molecule has 1 amide bonds. The number of carbonyl (C=O) groups excluding carboxylic acids is 1. The van der Waals surface area contributed by atoms with Crippen LogP contribution in [0.5, 0.6) is 5.75 Å². The maximum Gasteiger partial charge on any atom is 0.422 e. The molecule has 1 aromatic carbocycles. The maximum absolute atomic E-state index is 12.4. The van der Waals surface area contributed by atoms with Crippen molar-refractivity contribution in [3.8, 4) is 5.75 Å². The first-order chi connectivity index (χ1) is 11.7. The molecule has 2 aromatic heterocycles. The summed E-state index contributed by atoms with van der Waals surface area (Å²) < 4.78 is 52.3. The molecule has 6 nitrogen and oxygen atoms in total. The summed E-state index contributed by atoms with van der Waals surface area (Å²) in [4.78, 5) is 12.3. The molecule has 0 spiro atoms. The number of hydrogen-bond donors (Lipinski definition) is 1. The van der Waals surface area contributed by atoms with Gasteiger partial charge in [-0.05, 0) is 32.0 Å². The zero-order chi connectivity index (χ0) is 18.2. The van der Waals surface area contributed by atoms with Gasteiger partial charge >= 0.3 is 6.18 Å². The minimum atomic E-state index is -4.49. The van der Waals surface area contributed by atoms with Gasteiger partial charge in [0.1, 0.15) is 22.7 Å². The quantitative estimate of drug-likeness (QED) is 0.759. The number of benzene rings is 1. The van der Waals surface area contributed by atoms with E-state index in [1.165, 1.54) is 18.2 Å². The molecule has 0 aliphatic heterocycles. The lowest BCUT2D eigenvalue weighted by atomic mass is 10.2. The molecule has 0 aliphatic rings. The van der Waals surface area contributed by atoms with Crippen molar-refractivity contribution in [1.29, 1.82) is 0 Å². The summed E-state index contributed by atoms with van der Waals surface area (Å²) in [6.45, 7) is 1.85.